The number of aromatic nitrogens is 4. The molecule has 4 heterocycles. The Balaban J connectivity index is 1.53. The van der Waals surface area contributed by atoms with Crippen molar-refractivity contribution in [3.63, 3.8) is 0 Å². The summed E-state index contributed by atoms with van der Waals surface area (Å²) >= 11 is 0. The molecule has 1 aliphatic rings. The molecule has 0 aromatic carbocycles. The summed E-state index contributed by atoms with van der Waals surface area (Å²) in [4.78, 5) is 30.5. The molecule has 0 saturated heterocycles. The Hall–Kier alpha value is -3.16. The first-order valence-corrected chi connectivity index (χ1v) is 11.2. The number of rotatable bonds is 8. The van der Waals surface area contributed by atoms with Crippen LogP contribution in [0.4, 0.5) is 22.1 Å². The summed E-state index contributed by atoms with van der Waals surface area (Å²) in [7, 11) is 0. The molecule has 0 unspecified atom stereocenters. The first kappa shape index (κ1) is 21.1. The van der Waals surface area contributed by atoms with Crippen molar-refractivity contribution in [2.24, 2.45) is 0 Å². The van der Waals surface area contributed by atoms with Gasteiger partial charge in [0.2, 0.25) is 0 Å². The van der Waals surface area contributed by atoms with E-state index in [9.17, 15) is 4.79 Å². The average Bonchev–Trinajstić information content (AvgIpc) is 3.35. The number of carbonyl (C=O) groups is 1. The Labute approximate surface area is 183 Å². The van der Waals surface area contributed by atoms with Gasteiger partial charge in [0, 0.05) is 43.3 Å². The zero-order valence-corrected chi connectivity index (χ0v) is 18.6. The van der Waals surface area contributed by atoms with Gasteiger partial charge < -0.3 is 9.30 Å². The molecule has 8 nitrogen and oxygen atoms in total. The minimum atomic E-state index is -0.208. The van der Waals surface area contributed by atoms with E-state index in [-0.39, 0.29) is 6.03 Å². The van der Waals surface area contributed by atoms with Gasteiger partial charge in [-0.2, -0.15) is 0 Å². The van der Waals surface area contributed by atoms with Crippen molar-refractivity contribution in [3.8, 4) is 0 Å². The van der Waals surface area contributed by atoms with Crippen LogP contribution in [0.5, 0.6) is 0 Å². The lowest BCUT2D eigenvalue weighted by atomic mass is 10.1. The third kappa shape index (κ3) is 4.47. The number of nitrogens with zero attached hydrogens (tertiary/aromatic N) is 6. The lowest BCUT2D eigenvalue weighted by Crippen LogP contribution is -2.34. The number of aryl methyl sites for hydroxylation is 1. The molecule has 31 heavy (non-hydrogen) atoms. The maximum absolute atomic E-state index is 13.0. The van der Waals surface area contributed by atoms with Gasteiger partial charge in [-0.1, -0.05) is 26.7 Å². The SMILES string of the molecule is CCCCCN(CCC)c1ccnc2c1CCN2C(=O)Nc1cn2cc(C)nc2cn1. The van der Waals surface area contributed by atoms with Crippen LogP contribution >= 0.6 is 0 Å². The van der Waals surface area contributed by atoms with Gasteiger partial charge in [-0.15, -0.1) is 0 Å². The van der Waals surface area contributed by atoms with E-state index in [1.54, 1.807) is 17.3 Å². The molecule has 0 spiro atoms. The fraction of sp³-hybridized carbons (Fsp3) is 0.478. The summed E-state index contributed by atoms with van der Waals surface area (Å²) in [5.41, 5.74) is 4.04. The predicted octanol–water partition coefficient (Wildman–Crippen LogP) is 4.43. The van der Waals surface area contributed by atoms with Crippen molar-refractivity contribution in [2.75, 3.05) is 34.8 Å². The molecule has 164 valence electrons. The summed E-state index contributed by atoms with van der Waals surface area (Å²) in [6.07, 6.45) is 12.7. The smallest absolute Gasteiger partial charge is 0.328 e. The zero-order chi connectivity index (χ0) is 21.8. The quantitative estimate of drug-likeness (QED) is 0.544. The summed E-state index contributed by atoms with van der Waals surface area (Å²) in [6, 6.07) is 1.89. The van der Waals surface area contributed by atoms with Crippen LogP contribution in [0.15, 0.2) is 30.9 Å². The van der Waals surface area contributed by atoms with Gasteiger partial charge in [-0.25, -0.2) is 19.7 Å². The van der Waals surface area contributed by atoms with Crippen molar-refractivity contribution in [2.45, 2.75) is 52.9 Å². The second-order valence-corrected chi connectivity index (χ2v) is 8.08. The second kappa shape index (κ2) is 9.32. The Morgan fingerprint density at radius 3 is 2.84 bits per heavy atom. The molecule has 0 radical (unpaired) electrons. The van der Waals surface area contributed by atoms with E-state index < -0.39 is 0 Å². The number of fused-ring (bicyclic) bond motifs is 2. The number of unbranched alkanes of at least 4 members (excludes halogenated alkanes) is 2. The molecule has 0 fully saturated rings. The van der Waals surface area contributed by atoms with E-state index in [4.69, 9.17) is 0 Å². The molecule has 0 saturated carbocycles. The van der Waals surface area contributed by atoms with Gasteiger partial charge in [0.15, 0.2) is 11.5 Å². The van der Waals surface area contributed by atoms with Crippen LogP contribution in [0.1, 0.15) is 50.8 Å². The lowest BCUT2D eigenvalue weighted by molar-refractivity contribution is 0.257. The zero-order valence-electron chi connectivity index (χ0n) is 18.6. The number of carbonyl (C=O) groups excluding carboxylic acids is 1. The molecule has 0 bridgehead atoms. The number of imidazole rings is 1. The number of hydrogen-bond donors (Lipinski definition) is 1. The molecule has 4 rings (SSSR count). The van der Waals surface area contributed by atoms with E-state index in [1.807, 2.05) is 23.7 Å². The summed E-state index contributed by atoms with van der Waals surface area (Å²) in [6.45, 7) is 9.04. The van der Waals surface area contributed by atoms with Crippen molar-refractivity contribution in [3.05, 3.63) is 42.1 Å². The van der Waals surface area contributed by atoms with Crippen LogP contribution in [0.2, 0.25) is 0 Å². The highest BCUT2D eigenvalue weighted by molar-refractivity contribution is 6.02. The Bertz CT molecular complexity index is 1060. The third-order valence-electron chi connectivity index (χ3n) is 5.66. The normalized spacial score (nSPS) is 12.9. The Morgan fingerprint density at radius 1 is 1.16 bits per heavy atom. The Kier molecular flexibility index (Phi) is 6.34. The number of nitrogens with one attached hydrogen (secondary N) is 1. The maximum atomic E-state index is 13.0. The molecule has 0 atom stereocenters. The fourth-order valence-electron chi connectivity index (χ4n) is 4.21. The van der Waals surface area contributed by atoms with Crippen LogP contribution in [-0.4, -0.2) is 45.0 Å². The molecule has 1 N–H and O–H groups in total. The highest BCUT2D eigenvalue weighted by Gasteiger charge is 2.29. The average molecular weight is 422 g/mol. The van der Waals surface area contributed by atoms with Crippen LogP contribution in [0, 0.1) is 6.92 Å². The molecular weight excluding hydrogens is 390 g/mol. The monoisotopic (exact) mass is 421 g/mol. The predicted molar refractivity (Wildman–Crippen MR) is 124 cm³/mol. The molecule has 3 aromatic heterocycles. The van der Waals surface area contributed by atoms with E-state index in [0.717, 1.165) is 48.7 Å². The standard InChI is InChI=1S/C23H31N7O/c1-4-6-7-12-28(11-5-2)19-8-10-24-22-18(19)9-13-30(22)23(31)27-20-16-29-15-17(3)26-21(29)14-25-20/h8,10,14-16H,4-7,9,11-13H2,1-3H3,(H,27,31). The first-order valence-electron chi connectivity index (χ1n) is 11.2. The van der Waals surface area contributed by atoms with E-state index in [2.05, 4.69) is 45.1 Å². The summed E-state index contributed by atoms with van der Waals surface area (Å²) < 4.78 is 1.87. The minimum Gasteiger partial charge on any atom is -0.371 e. The largest absolute Gasteiger partial charge is 0.371 e. The minimum absolute atomic E-state index is 0.208. The lowest BCUT2D eigenvalue weighted by Gasteiger charge is -2.26. The van der Waals surface area contributed by atoms with Crippen LogP contribution in [0.3, 0.4) is 0 Å². The van der Waals surface area contributed by atoms with E-state index in [1.165, 1.54) is 24.9 Å². The highest BCUT2D eigenvalue weighted by atomic mass is 16.2. The van der Waals surface area contributed by atoms with Gasteiger partial charge in [0.25, 0.3) is 0 Å². The van der Waals surface area contributed by atoms with E-state index >= 15 is 0 Å². The van der Waals surface area contributed by atoms with Gasteiger partial charge in [0.05, 0.1) is 18.1 Å². The van der Waals surface area contributed by atoms with Crippen molar-refractivity contribution >= 4 is 29.0 Å². The summed E-state index contributed by atoms with van der Waals surface area (Å²) in [5, 5.41) is 2.92. The van der Waals surface area contributed by atoms with Crippen molar-refractivity contribution < 1.29 is 4.79 Å². The van der Waals surface area contributed by atoms with Gasteiger partial charge in [-0.05, 0) is 32.3 Å². The fourth-order valence-corrected chi connectivity index (χ4v) is 4.21. The number of anilines is 3. The summed E-state index contributed by atoms with van der Waals surface area (Å²) in [5.74, 6) is 1.25. The second-order valence-electron chi connectivity index (χ2n) is 8.08. The highest BCUT2D eigenvalue weighted by Crippen LogP contribution is 2.34. The molecular formula is C23H31N7O. The molecule has 2 amide bonds. The van der Waals surface area contributed by atoms with Crippen LogP contribution in [0.25, 0.3) is 5.65 Å². The number of amides is 2. The first-order chi connectivity index (χ1) is 15.1. The van der Waals surface area contributed by atoms with Crippen LogP contribution in [-0.2, 0) is 6.42 Å². The molecule has 1 aliphatic heterocycles. The van der Waals surface area contributed by atoms with Crippen molar-refractivity contribution in [1.29, 1.82) is 0 Å². The molecule has 8 heteroatoms. The van der Waals surface area contributed by atoms with Gasteiger partial charge >= 0.3 is 6.03 Å². The maximum Gasteiger partial charge on any atom is 0.328 e. The topological polar surface area (TPSA) is 78.7 Å². The van der Waals surface area contributed by atoms with Gasteiger partial charge in [-0.3, -0.25) is 10.2 Å². The number of pyridine rings is 1. The molecule has 0 aliphatic carbocycles. The van der Waals surface area contributed by atoms with Gasteiger partial charge in [0.1, 0.15) is 5.82 Å². The molecule has 3 aromatic rings. The third-order valence-corrected chi connectivity index (χ3v) is 5.66. The Morgan fingerprint density at radius 2 is 2.03 bits per heavy atom. The van der Waals surface area contributed by atoms with Crippen LogP contribution < -0.4 is 15.1 Å². The van der Waals surface area contributed by atoms with E-state index in [0.29, 0.717) is 12.4 Å². The van der Waals surface area contributed by atoms with Crippen molar-refractivity contribution in [1.82, 2.24) is 19.4 Å². The number of hydrogen-bond acceptors (Lipinski definition) is 5. The number of urea groups is 1.